The highest BCUT2D eigenvalue weighted by Crippen LogP contribution is 2.37. The van der Waals surface area contributed by atoms with Gasteiger partial charge in [0.2, 0.25) is 0 Å². The number of ether oxygens (including phenoxy) is 1. The number of rotatable bonds is 5. The van der Waals surface area contributed by atoms with E-state index in [-0.39, 0.29) is 11.5 Å². The molecule has 26 heavy (non-hydrogen) atoms. The van der Waals surface area contributed by atoms with Gasteiger partial charge in [0, 0.05) is 11.1 Å². The molecular formula is C22H20O4. The van der Waals surface area contributed by atoms with Crippen molar-refractivity contribution in [2.75, 3.05) is 7.11 Å². The van der Waals surface area contributed by atoms with Crippen molar-refractivity contribution in [2.24, 2.45) is 0 Å². The van der Waals surface area contributed by atoms with Gasteiger partial charge in [0.25, 0.3) is 0 Å². The summed E-state index contributed by atoms with van der Waals surface area (Å²) in [6, 6.07) is 20.4. The van der Waals surface area contributed by atoms with Crippen molar-refractivity contribution in [3.8, 4) is 17.2 Å². The van der Waals surface area contributed by atoms with Crippen LogP contribution >= 0.6 is 0 Å². The van der Waals surface area contributed by atoms with E-state index < -0.39 is 5.60 Å². The predicted octanol–water partition coefficient (Wildman–Crippen LogP) is 4.06. The molecule has 1 unspecified atom stereocenters. The van der Waals surface area contributed by atoms with Crippen LogP contribution in [0.2, 0.25) is 0 Å². The maximum Gasteiger partial charge on any atom is 0.137 e. The van der Waals surface area contributed by atoms with Crippen LogP contribution in [0.3, 0.4) is 0 Å². The highest BCUT2D eigenvalue weighted by Gasteiger charge is 2.31. The first-order chi connectivity index (χ1) is 12.5. The predicted molar refractivity (Wildman–Crippen MR) is 101 cm³/mol. The van der Waals surface area contributed by atoms with Gasteiger partial charge in [0.1, 0.15) is 22.8 Å². The van der Waals surface area contributed by atoms with Crippen LogP contribution in [0.15, 0.2) is 78.9 Å². The van der Waals surface area contributed by atoms with Crippen LogP contribution in [0, 0.1) is 0 Å². The molecule has 3 N–H and O–H groups in total. The molecule has 4 nitrogen and oxygen atoms in total. The molecule has 1 atom stereocenters. The molecule has 0 fully saturated rings. The van der Waals surface area contributed by atoms with E-state index in [4.69, 9.17) is 4.74 Å². The lowest BCUT2D eigenvalue weighted by molar-refractivity contribution is 0.132. The van der Waals surface area contributed by atoms with Gasteiger partial charge in [-0.05, 0) is 35.9 Å². The second kappa shape index (κ2) is 7.33. The molecule has 0 aliphatic heterocycles. The van der Waals surface area contributed by atoms with Gasteiger partial charge in [-0.3, -0.25) is 0 Å². The van der Waals surface area contributed by atoms with Gasteiger partial charge < -0.3 is 20.1 Å². The molecule has 3 rings (SSSR count). The van der Waals surface area contributed by atoms with E-state index in [1.165, 1.54) is 6.07 Å². The zero-order valence-corrected chi connectivity index (χ0v) is 14.3. The van der Waals surface area contributed by atoms with Gasteiger partial charge in [0.15, 0.2) is 0 Å². The number of hydrogen-bond donors (Lipinski definition) is 3. The number of methoxy groups -OCH3 is 1. The first kappa shape index (κ1) is 17.6. The second-order valence-electron chi connectivity index (χ2n) is 5.90. The topological polar surface area (TPSA) is 69.9 Å². The summed E-state index contributed by atoms with van der Waals surface area (Å²) in [5.41, 5.74) is -0.113. The summed E-state index contributed by atoms with van der Waals surface area (Å²) in [7, 11) is 1.57. The molecule has 0 heterocycles. The zero-order valence-electron chi connectivity index (χ0n) is 14.3. The summed E-state index contributed by atoms with van der Waals surface area (Å²) in [6.45, 7) is 0. The molecule has 0 saturated heterocycles. The lowest BCUT2D eigenvalue weighted by atomic mass is 9.85. The molecule has 3 aromatic rings. The van der Waals surface area contributed by atoms with Crippen molar-refractivity contribution in [1.29, 1.82) is 0 Å². The Bertz CT molecular complexity index is 915. The Labute approximate surface area is 152 Å². The van der Waals surface area contributed by atoms with Gasteiger partial charge in [-0.2, -0.15) is 0 Å². The summed E-state index contributed by atoms with van der Waals surface area (Å²) < 4.78 is 5.17. The first-order valence-corrected chi connectivity index (χ1v) is 8.17. The van der Waals surface area contributed by atoms with Crippen molar-refractivity contribution in [3.63, 3.8) is 0 Å². The third-order valence-corrected chi connectivity index (χ3v) is 4.29. The lowest BCUT2D eigenvalue weighted by Gasteiger charge is -2.27. The number of para-hydroxylation sites is 2. The number of aromatic hydroxyl groups is 2. The second-order valence-corrected chi connectivity index (χ2v) is 5.90. The SMILES string of the molecule is COc1ccc(C(O)(/C=C/c2ccccc2O)c2ccccc2O)cc1. The summed E-state index contributed by atoms with van der Waals surface area (Å²) in [5, 5.41) is 31.7. The molecule has 0 aliphatic carbocycles. The lowest BCUT2D eigenvalue weighted by Crippen LogP contribution is -2.24. The van der Waals surface area contributed by atoms with Gasteiger partial charge in [0.05, 0.1) is 7.11 Å². The smallest absolute Gasteiger partial charge is 0.137 e. The fourth-order valence-electron chi connectivity index (χ4n) is 2.82. The fraction of sp³-hybridized carbons (Fsp3) is 0.0909. The minimum atomic E-state index is -1.58. The third kappa shape index (κ3) is 3.41. The Morgan fingerprint density at radius 2 is 1.42 bits per heavy atom. The van der Waals surface area contributed by atoms with Crippen LogP contribution in [0.1, 0.15) is 16.7 Å². The van der Waals surface area contributed by atoms with E-state index >= 15 is 0 Å². The Morgan fingerprint density at radius 3 is 2.04 bits per heavy atom. The summed E-state index contributed by atoms with van der Waals surface area (Å²) in [5.74, 6) is 0.754. The normalized spacial score (nSPS) is 13.5. The summed E-state index contributed by atoms with van der Waals surface area (Å²) >= 11 is 0. The van der Waals surface area contributed by atoms with Gasteiger partial charge in [-0.15, -0.1) is 0 Å². The zero-order chi connectivity index (χ0) is 18.6. The average molecular weight is 348 g/mol. The van der Waals surface area contributed by atoms with Crippen LogP contribution in [-0.4, -0.2) is 22.4 Å². The Hall–Kier alpha value is -3.24. The number of hydrogen-bond acceptors (Lipinski definition) is 4. The molecule has 3 aromatic carbocycles. The van der Waals surface area contributed by atoms with Crippen molar-refractivity contribution < 1.29 is 20.1 Å². The van der Waals surface area contributed by atoms with E-state index in [1.807, 2.05) is 0 Å². The highest BCUT2D eigenvalue weighted by atomic mass is 16.5. The molecule has 4 heteroatoms. The number of phenolic OH excluding ortho intramolecular Hbond substituents is 2. The minimum absolute atomic E-state index is 0.0206. The van der Waals surface area contributed by atoms with Crippen LogP contribution in [0.5, 0.6) is 17.2 Å². The molecule has 0 aliphatic rings. The molecule has 0 amide bonds. The molecule has 0 spiro atoms. The van der Waals surface area contributed by atoms with E-state index in [1.54, 1.807) is 86.0 Å². The fourth-order valence-corrected chi connectivity index (χ4v) is 2.82. The minimum Gasteiger partial charge on any atom is -0.508 e. The van der Waals surface area contributed by atoms with Crippen molar-refractivity contribution in [2.45, 2.75) is 5.60 Å². The van der Waals surface area contributed by atoms with E-state index in [0.717, 1.165) is 0 Å². The standard InChI is InChI=1S/C22H20O4/c1-26-18-12-10-17(11-13-18)22(25,19-7-3-5-9-21(19)24)15-14-16-6-2-4-8-20(16)23/h2-15,23-25H,1H3/b15-14+. The van der Waals surface area contributed by atoms with Crippen molar-refractivity contribution in [3.05, 3.63) is 95.6 Å². The van der Waals surface area contributed by atoms with Gasteiger partial charge >= 0.3 is 0 Å². The van der Waals surface area contributed by atoms with Crippen molar-refractivity contribution in [1.82, 2.24) is 0 Å². The van der Waals surface area contributed by atoms with Gasteiger partial charge in [-0.25, -0.2) is 0 Å². The Morgan fingerprint density at radius 1 is 0.808 bits per heavy atom. The highest BCUT2D eigenvalue weighted by molar-refractivity contribution is 5.61. The van der Waals surface area contributed by atoms with E-state index in [9.17, 15) is 15.3 Å². The first-order valence-electron chi connectivity index (χ1n) is 8.17. The largest absolute Gasteiger partial charge is 0.508 e. The molecule has 0 radical (unpaired) electrons. The van der Waals surface area contributed by atoms with Crippen molar-refractivity contribution >= 4 is 6.08 Å². The maximum absolute atomic E-state index is 11.5. The monoisotopic (exact) mass is 348 g/mol. The summed E-state index contributed by atoms with van der Waals surface area (Å²) in [4.78, 5) is 0. The average Bonchev–Trinajstić information content (AvgIpc) is 2.67. The molecule has 0 aromatic heterocycles. The van der Waals surface area contributed by atoms with Crippen LogP contribution in [0.25, 0.3) is 6.08 Å². The summed E-state index contributed by atoms with van der Waals surface area (Å²) in [6.07, 6.45) is 3.19. The Kier molecular flexibility index (Phi) is 4.96. The maximum atomic E-state index is 11.5. The van der Waals surface area contributed by atoms with Crippen LogP contribution < -0.4 is 4.74 Å². The quantitative estimate of drug-likeness (QED) is 0.650. The number of benzene rings is 3. The molecule has 132 valence electrons. The number of aliphatic hydroxyl groups is 1. The third-order valence-electron chi connectivity index (χ3n) is 4.29. The van der Waals surface area contributed by atoms with Crippen LogP contribution in [-0.2, 0) is 5.60 Å². The Balaban J connectivity index is 2.12. The van der Waals surface area contributed by atoms with E-state index in [2.05, 4.69) is 0 Å². The molecular weight excluding hydrogens is 328 g/mol. The van der Waals surface area contributed by atoms with E-state index in [0.29, 0.717) is 22.4 Å². The number of phenols is 2. The van der Waals surface area contributed by atoms with Crippen LogP contribution in [0.4, 0.5) is 0 Å². The molecule has 0 saturated carbocycles. The molecule has 0 bridgehead atoms. The van der Waals surface area contributed by atoms with Gasteiger partial charge in [-0.1, -0.05) is 54.6 Å².